The molecule has 2 atom stereocenters. The van der Waals surface area contributed by atoms with Crippen molar-refractivity contribution in [2.45, 2.75) is 19.5 Å². The van der Waals surface area contributed by atoms with Gasteiger partial charge in [0.25, 0.3) is 0 Å². The summed E-state index contributed by atoms with van der Waals surface area (Å²) in [4.78, 5) is 14.3. The third-order valence-corrected chi connectivity index (χ3v) is 3.67. The van der Waals surface area contributed by atoms with Crippen LogP contribution in [-0.2, 0) is 16.1 Å². The third-order valence-electron chi connectivity index (χ3n) is 3.67. The first-order valence-electron chi connectivity index (χ1n) is 6.90. The van der Waals surface area contributed by atoms with Crippen LogP contribution in [0.4, 0.5) is 0 Å². The molecule has 2 unspecified atom stereocenters. The van der Waals surface area contributed by atoms with Crippen molar-refractivity contribution in [1.29, 1.82) is 0 Å². The summed E-state index contributed by atoms with van der Waals surface area (Å²) in [7, 11) is 1.64. The molecule has 1 aliphatic rings. The van der Waals surface area contributed by atoms with Gasteiger partial charge < -0.3 is 20.1 Å². The Morgan fingerprint density at radius 2 is 2.10 bits per heavy atom. The van der Waals surface area contributed by atoms with E-state index >= 15 is 0 Å². The molecule has 1 fully saturated rings. The predicted molar refractivity (Wildman–Crippen MR) is 76.4 cm³/mol. The number of nitrogens with two attached hydrogens (primary N) is 1. The standard InChI is InChI=1S/C15H22N2O3/c1-3-17(15(18)13-9-20-10-14(13)16)8-11-4-6-12(19-2)7-5-11/h4-7,13-14H,3,8-10,16H2,1-2H3. The second-order valence-electron chi connectivity index (χ2n) is 5.01. The summed E-state index contributed by atoms with van der Waals surface area (Å²) in [6.45, 7) is 4.12. The Morgan fingerprint density at radius 3 is 2.60 bits per heavy atom. The van der Waals surface area contributed by atoms with E-state index in [9.17, 15) is 4.79 Å². The van der Waals surface area contributed by atoms with Crippen LogP contribution in [0.5, 0.6) is 5.75 Å². The number of benzene rings is 1. The normalized spacial score (nSPS) is 21.8. The van der Waals surface area contributed by atoms with E-state index < -0.39 is 0 Å². The van der Waals surface area contributed by atoms with Crippen molar-refractivity contribution in [1.82, 2.24) is 4.90 Å². The van der Waals surface area contributed by atoms with Crippen molar-refractivity contribution in [2.24, 2.45) is 11.7 Å². The first-order chi connectivity index (χ1) is 9.65. The van der Waals surface area contributed by atoms with Crippen LogP contribution >= 0.6 is 0 Å². The fraction of sp³-hybridized carbons (Fsp3) is 0.533. The van der Waals surface area contributed by atoms with Crippen LogP contribution in [0.25, 0.3) is 0 Å². The van der Waals surface area contributed by atoms with Crippen LogP contribution in [0, 0.1) is 5.92 Å². The van der Waals surface area contributed by atoms with Gasteiger partial charge in [0.1, 0.15) is 5.75 Å². The zero-order valence-corrected chi connectivity index (χ0v) is 12.0. The Labute approximate surface area is 119 Å². The third kappa shape index (κ3) is 3.29. The van der Waals surface area contributed by atoms with Crippen molar-refractivity contribution in [2.75, 3.05) is 26.9 Å². The van der Waals surface area contributed by atoms with Crippen molar-refractivity contribution in [3.8, 4) is 5.75 Å². The smallest absolute Gasteiger partial charge is 0.229 e. The van der Waals surface area contributed by atoms with E-state index in [4.69, 9.17) is 15.2 Å². The maximum Gasteiger partial charge on any atom is 0.229 e. The molecule has 0 aliphatic carbocycles. The van der Waals surface area contributed by atoms with Crippen LogP contribution < -0.4 is 10.5 Å². The summed E-state index contributed by atoms with van der Waals surface area (Å²) in [5.74, 6) is 0.677. The fourth-order valence-corrected chi connectivity index (χ4v) is 2.36. The van der Waals surface area contributed by atoms with Gasteiger partial charge in [0.2, 0.25) is 5.91 Å². The molecular formula is C15H22N2O3. The number of amides is 1. The van der Waals surface area contributed by atoms with Gasteiger partial charge in [-0.2, -0.15) is 0 Å². The van der Waals surface area contributed by atoms with E-state index in [0.29, 0.717) is 26.3 Å². The van der Waals surface area contributed by atoms with Gasteiger partial charge in [-0.25, -0.2) is 0 Å². The van der Waals surface area contributed by atoms with Crippen LogP contribution in [0.15, 0.2) is 24.3 Å². The van der Waals surface area contributed by atoms with Crippen molar-refractivity contribution < 1.29 is 14.3 Å². The highest BCUT2D eigenvalue weighted by Crippen LogP contribution is 2.18. The molecule has 20 heavy (non-hydrogen) atoms. The number of nitrogens with zero attached hydrogens (tertiary/aromatic N) is 1. The van der Waals surface area contributed by atoms with Crippen molar-refractivity contribution >= 4 is 5.91 Å². The summed E-state index contributed by atoms with van der Waals surface area (Å²) >= 11 is 0. The molecule has 1 aromatic rings. The Hall–Kier alpha value is -1.59. The molecule has 1 amide bonds. The summed E-state index contributed by atoms with van der Waals surface area (Å²) in [6, 6.07) is 7.56. The molecule has 0 aromatic heterocycles. The lowest BCUT2D eigenvalue weighted by Crippen LogP contribution is -2.43. The molecule has 110 valence electrons. The quantitative estimate of drug-likeness (QED) is 0.873. The molecule has 1 heterocycles. The minimum Gasteiger partial charge on any atom is -0.497 e. The van der Waals surface area contributed by atoms with E-state index in [1.165, 1.54) is 0 Å². The van der Waals surface area contributed by atoms with Gasteiger partial charge in [0.15, 0.2) is 0 Å². The number of carbonyl (C=O) groups excluding carboxylic acids is 1. The number of hydrogen-bond donors (Lipinski definition) is 1. The lowest BCUT2D eigenvalue weighted by Gasteiger charge is -2.25. The average Bonchev–Trinajstić information content (AvgIpc) is 2.91. The van der Waals surface area contributed by atoms with Crippen LogP contribution in [0.3, 0.4) is 0 Å². The maximum atomic E-state index is 12.5. The molecule has 1 saturated heterocycles. The Kier molecular flexibility index (Phi) is 4.98. The second kappa shape index (κ2) is 6.72. The lowest BCUT2D eigenvalue weighted by atomic mass is 10.0. The largest absolute Gasteiger partial charge is 0.497 e. The van der Waals surface area contributed by atoms with Gasteiger partial charge in [0, 0.05) is 19.1 Å². The molecule has 1 aliphatic heterocycles. The molecule has 0 spiro atoms. The zero-order chi connectivity index (χ0) is 14.5. The fourth-order valence-electron chi connectivity index (χ4n) is 2.36. The summed E-state index contributed by atoms with van der Waals surface area (Å²) in [6.07, 6.45) is 0. The molecule has 0 saturated carbocycles. The van der Waals surface area contributed by atoms with Gasteiger partial charge in [-0.15, -0.1) is 0 Å². The molecule has 2 rings (SSSR count). The number of ether oxygens (including phenoxy) is 2. The topological polar surface area (TPSA) is 64.8 Å². The Balaban J connectivity index is 2.02. The SMILES string of the molecule is CCN(Cc1ccc(OC)cc1)C(=O)C1COCC1N. The maximum absolute atomic E-state index is 12.5. The summed E-state index contributed by atoms with van der Waals surface area (Å²) in [5, 5.41) is 0. The number of rotatable bonds is 5. The van der Waals surface area contributed by atoms with Crippen LogP contribution in [-0.4, -0.2) is 43.7 Å². The van der Waals surface area contributed by atoms with Gasteiger partial charge >= 0.3 is 0 Å². The van der Waals surface area contributed by atoms with Crippen LogP contribution in [0.1, 0.15) is 12.5 Å². The highest BCUT2D eigenvalue weighted by molar-refractivity contribution is 5.80. The van der Waals surface area contributed by atoms with E-state index in [0.717, 1.165) is 11.3 Å². The van der Waals surface area contributed by atoms with E-state index in [-0.39, 0.29) is 17.9 Å². The van der Waals surface area contributed by atoms with Gasteiger partial charge in [-0.05, 0) is 24.6 Å². The molecule has 5 heteroatoms. The van der Waals surface area contributed by atoms with E-state index in [1.54, 1.807) is 7.11 Å². The molecule has 5 nitrogen and oxygen atoms in total. The van der Waals surface area contributed by atoms with Gasteiger partial charge in [-0.1, -0.05) is 12.1 Å². The number of carbonyl (C=O) groups is 1. The molecule has 0 radical (unpaired) electrons. The monoisotopic (exact) mass is 278 g/mol. The Bertz CT molecular complexity index is 447. The molecule has 1 aromatic carbocycles. The molecule has 2 N–H and O–H groups in total. The number of hydrogen-bond acceptors (Lipinski definition) is 4. The van der Waals surface area contributed by atoms with E-state index in [1.807, 2.05) is 36.1 Å². The first-order valence-corrected chi connectivity index (χ1v) is 6.90. The predicted octanol–water partition coefficient (Wildman–Crippen LogP) is 1.02. The summed E-state index contributed by atoms with van der Waals surface area (Å²) < 4.78 is 10.4. The molecular weight excluding hydrogens is 256 g/mol. The number of methoxy groups -OCH3 is 1. The zero-order valence-electron chi connectivity index (χ0n) is 12.0. The first kappa shape index (κ1) is 14.8. The van der Waals surface area contributed by atoms with Crippen molar-refractivity contribution in [3.05, 3.63) is 29.8 Å². The minimum absolute atomic E-state index is 0.0771. The Morgan fingerprint density at radius 1 is 1.40 bits per heavy atom. The van der Waals surface area contributed by atoms with Gasteiger partial charge in [-0.3, -0.25) is 4.79 Å². The summed E-state index contributed by atoms with van der Waals surface area (Å²) in [5.41, 5.74) is 6.99. The second-order valence-corrected chi connectivity index (χ2v) is 5.01. The van der Waals surface area contributed by atoms with E-state index in [2.05, 4.69) is 0 Å². The molecule has 0 bridgehead atoms. The van der Waals surface area contributed by atoms with Crippen molar-refractivity contribution in [3.63, 3.8) is 0 Å². The lowest BCUT2D eigenvalue weighted by molar-refractivity contribution is -0.136. The van der Waals surface area contributed by atoms with Gasteiger partial charge in [0.05, 0.1) is 26.2 Å². The average molecular weight is 278 g/mol. The highest BCUT2D eigenvalue weighted by Gasteiger charge is 2.33. The highest BCUT2D eigenvalue weighted by atomic mass is 16.5. The minimum atomic E-state index is -0.215. The van der Waals surface area contributed by atoms with Crippen LogP contribution in [0.2, 0.25) is 0 Å².